The molecule has 1 aliphatic rings. The Hall–Kier alpha value is -2.13. The second kappa shape index (κ2) is 3.96. The van der Waals surface area contributed by atoms with Crippen LogP contribution in [0.25, 0.3) is 0 Å². The van der Waals surface area contributed by atoms with Gasteiger partial charge in [0.25, 0.3) is 5.79 Å². The highest BCUT2D eigenvalue weighted by Crippen LogP contribution is 2.42. The predicted molar refractivity (Wildman–Crippen MR) is 66.1 cm³/mol. The van der Waals surface area contributed by atoms with Crippen molar-refractivity contribution < 1.29 is 14.3 Å². The number of ether oxygens (including phenoxy) is 2. The molecule has 0 amide bonds. The third kappa shape index (κ3) is 1.38. The van der Waals surface area contributed by atoms with Crippen LogP contribution in [0.5, 0.6) is 0 Å². The second-order valence-corrected chi connectivity index (χ2v) is 4.12. The zero-order valence-electron chi connectivity index (χ0n) is 9.92. The Bertz CT molecular complexity index is 592. The first-order valence-electron chi connectivity index (χ1n) is 5.71. The van der Waals surface area contributed by atoms with Gasteiger partial charge in [-0.05, 0) is 6.07 Å². The summed E-state index contributed by atoms with van der Waals surface area (Å²) in [7, 11) is 1.54. The van der Waals surface area contributed by atoms with Crippen molar-refractivity contribution in [2.75, 3.05) is 7.11 Å². The number of methoxy groups -OCH3 is 1. The molecule has 3 nitrogen and oxygen atoms in total. The molecule has 1 aliphatic heterocycles. The lowest BCUT2D eigenvalue weighted by atomic mass is 9.95. The average molecular weight is 240 g/mol. The maximum atomic E-state index is 11.9. The van der Waals surface area contributed by atoms with Crippen LogP contribution in [0.2, 0.25) is 0 Å². The number of carbonyl (C=O) groups is 1. The first kappa shape index (κ1) is 11.0. The summed E-state index contributed by atoms with van der Waals surface area (Å²) in [6, 6.07) is 16.8. The van der Waals surface area contributed by atoms with Gasteiger partial charge in [-0.3, -0.25) is 0 Å². The lowest BCUT2D eigenvalue weighted by Crippen LogP contribution is -2.29. The van der Waals surface area contributed by atoms with E-state index in [1.165, 1.54) is 0 Å². The summed E-state index contributed by atoms with van der Waals surface area (Å²) in [5, 5.41) is 0. The van der Waals surface area contributed by atoms with Crippen LogP contribution in [-0.2, 0) is 15.3 Å². The largest absolute Gasteiger partial charge is 0.420 e. The molecule has 2 aromatic carbocycles. The standard InChI is InChI=1S/C15H12O3/c1-17-15(11-7-3-2-4-8-11)13-10-6-5-9-12(13)14(16)18-15/h2-10H,1H3. The minimum Gasteiger partial charge on any atom is -0.420 e. The number of fused-ring (bicyclic) bond motifs is 1. The third-order valence-electron chi connectivity index (χ3n) is 3.18. The molecule has 0 saturated carbocycles. The van der Waals surface area contributed by atoms with E-state index >= 15 is 0 Å². The quantitative estimate of drug-likeness (QED) is 0.757. The SMILES string of the molecule is COC1(c2ccccc2)OC(=O)c2ccccc21. The summed E-state index contributed by atoms with van der Waals surface area (Å²) < 4.78 is 11.0. The van der Waals surface area contributed by atoms with Crippen molar-refractivity contribution in [3.05, 3.63) is 71.3 Å². The number of benzene rings is 2. The Labute approximate surface area is 105 Å². The van der Waals surface area contributed by atoms with Gasteiger partial charge in [-0.2, -0.15) is 0 Å². The van der Waals surface area contributed by atoms with E-state index in [1.807, 2.05) is 48.5 Å². The van der Waals surface area contributed by atoms with Crippen LogP contribution in [0.1, 0.15) is 21.5 Å². The first-order valence-corrected chi connectivity index (χ1v) is 5.71. The molecular formula is C15H12O3. The molecule has 0 fully saturated rings. The number of cyclic esters (lactones) is 1. The van der Waals surface area contributed by atoms with Crippen molar-refractivity contribution in [2.45, 2.75) is 5.79 Å². The maximum Gasteiger partial charge on any atom is 0.341 e. The van der Waals surface area contributed by atoms with E-state index in [1.54, 1.807) is 13.2 Å². The fourth-order valence-corrected chi connectivity index (χ4v) is 2.33. The van der Waals surface area contributed by atoms with Crippen LogP contribution < -0.4 is 0 Å². The lowest BCUT2D eigenvalue weighted by Gasteiger charge is -2.27. The topological polar surface area (TPSA) is 35.5 Å². The molecule has 0 radical (unpaired) electrons. The van der Waals surface area contributed by atoms with Gasteiger partial charge >= 0.3 is 5.97 Å². The summed E-state index contributed by atoms with van der Waals surface area (Å²) in [5.41, 5.74) is 2.12. The highest BCUT2D eigenvalue weighted by atomic mass is 16.7. The first-order chi connectivity index (χ1) is 8.78. The van der Waals surface area contributed by atoms with Crippen molar-refractivity contribution in [3.63, 3.8) is 0 Å². The van der Waals surface area contributed by atoms with E-state index in [2.05, 4.69) is 0 Å². The Morgan fingerprint density at radius 2 is 1.67 bits per heavy atom. The van der Waals surface area contributed by atoms with Gasteiger partial charge in [0.1, 0.15) is 0 Å². The van der Waals surface area contributed by atoms with E-state index in [-0.39, 0.29) is 5.97 Å². The van der Waals surface area contributed by atoms with Crippen LogP contribution >= 0.6 is 0 Å². The summed E-state index contributed by atoms with van der Waals surface area (Å²) in [6.07, 6.45) is 0. The monoisotopic (exact) mass is 240 g/mol. The highest BCUT2D eigenvalue weighted by Gasteiger charge is 2.47. The van der Waals surface area contributed by atoms with Gasteiger partial charge in [-0.25, -0.2) is 4.79 Å². The van der Waals surface area contributed by atoms with Crippen molar-refractivity contribution in [1.82, 2.24) is 0 Å². The van der Waals surface area contributed by atoms with E-state index in [4.69, 9.17) is 9.47 Å². The van der Waals surface area contributed by atoms with Crippen LogP contribution in [0.15, 0.2) is 54.6 Å². The van der Waals surface area contributed by atoms with Gasteiger partial charge in [-0.1, -0.05) is 48.5 Å². The molecule has 0 N–H and O–H groups in total. The zero-order chi connectivity index (χ0) is 12.6. The second-order valence-electron chi connectivity index (χ2n) is 4.12. The Morgan fingerprint density at radius 1 is 1.00 bits per heavy atom. The minimum absolute atomic E-state index is 0.351. The zero-order valence-corrected chi connectivity index (χ0v) is 9.92. The van der Waals surface area contributed by atoms with E-state index in [0.717, 1.165) is 11.1 Å². The van der Waals surface area contributed by atoms with Crippen molar-refractivity contribution >= 4 is 5.97 Å². The van der Waals surface area contributed by atoms with Crippen LogP contribution in [0.4, 0.5) is 0 Å². The van der Waals surface area contributed by atoms with Gasteiger partial charge in [0.05, 0.1) is 5.56 Å². The molecule has 0 aliphatic carbocycles. The molecule has 18 heavy (non-hydrogen) atoms. The smallest absolute Gasteiger partial charge is 0.341 e. The van der Waals surface area contributed by atoms with Crippen LogP contribution in [0, 0.1) is 0 Å². The molecule has 1 heterocycles. The minimum atomic E-state index is -1.12. The average Bonchev–Trinajstić information content (AvgIpc) is 2.74. The van der Waals surface area contributed by atoms with Gasteiger partial charge in [0, 0.05) is 18.2 Å². The lowest BCUT2D eigenvalue weighted by molar-refractivity contribution is -0.154. The molecule has 3 rings (SSSR count). The summed E-state index contributed by atoms with van der Waals surface area (Å²) in [6.45, 7) is 0. The molecule has 90 valence electrons. The fraction of sp³-hybridized carbons (Fsp3) is 0.133. The third-order valence-corrected chi connectivity index (χ3v) is 3.18. The summed E-state index contributed by atoms with van der Waals surface area (Å²) in [5.74, 6) is -1.47. The maximum absolute atomic E-state index is 11.9. The molecule has 3 heteroatoms. The van der Waals surface area contributed by atoms with Crippen molar-refractivity contribution in [1.29, 1.82) is 0 Å². The van der Waals surface area contributed by atoms with Crippen LogP contribution in [0.3, 0.4) is 0 Å². The molecule has 0 bridgehead atoms. The normalized spacial score (nSPS) is 21.5. The fourth-order valence-electron chi connectivity index (χ4n) is 2.33. The number of hydrogen-bond acceptors (Lipinski definition) is 3. The number of hydrogen-bond donors (Lipinski definition) is 0. The number of rotatable bonds is 2. The van der Waals surface area contributed by atoms with E-state index < -0.39 is 5.79 Å². The van der Waals surface area contributed by atoms with Gasteiger partial charge in [0.15, 0.2) is 0 Å². The van der Waals surface area contributed by atoms with Gasteiger partial charge < -0.3 is 9.47 Å². The van der Waals surface area contributed by atoms with E-state index in [9.17, 15) is 4.79 Å². The van der Waals surface area contributed by atoms with Gasteiger partial charge in [0.2, 0.25) is 0 Å². The Balaban J connectivity index is 2.24. The molecule has 1 unspecified atom stereocenters. The summed E-state index contributed by atoms with van der Waals surface area (Å²) >= 11 is 0. The number of esters is 1. The van der Waals surface area contributed by atoms with Crippen LogP contribution in [-0.4, -0.2) is 13.1 Å². The molecule has 1 atom stereocenters. The molecule has 2 aromatic rings. The Morgan fingerprint density at radius 3 is 2.39 bits per heavy atom. The predicted octanol–water partition coefficient (Wildman–Crippen LogP) is 2.70. The van der Waals surface area contributed by atoms with Crippen molar-refractivity contribution in [3.8, 4) is 0 Å². The molecule has 0 aromatic heterocycles. The van der Waals surface area contributed by atoms with Crippen molar-refractivity contribution in [2.24, 2.45) is 0 Å². The molecule has 0 spiro atoms. The van der Waals surface area contributed by atoms with Gasteiger partial charge in [-0.15, -0.1) is 0 Å². The highest BCUT2D eigenvalue weighted by molar-refractivity contribution is 5.95. The Kier molecular flexibility index (Phi) is 2.42. The molecular weight excluding hydrogens is 228 g/mol. The number of carbonyl (C=O) groups excluding carboxylic acids is 1. The molecule has 0 saturated heterocycles. The van der Waals surface area contributed by atoms with E-state index in [0.29, 0.717) is 5.56 Å². The summed E-state index contributed by atoms with van der Waals surface area (Å²) in [4.78, 5) is 11.9.